The molecule has 0 aromatic rings. The van der Waals surface area contributed by atoms with E-state index in [1.54, 1.807) is 0 Å². The van der Waals surface area contributed by atoms with Gasteiger partial charge in [-0.25, -0.2) is 0 Å². The Bertz CT molecular complexity index is 165. The van der Waals surface area contributed by atoms with Crippen LogP contribution in [0.1, 0.15) is 0 Å². The van der Waals surface area contributed by atoms with E-state index in [-0.39, 0.29) is 5.57 Å². The second-order valence-corrected chi connectivity index (χ2v) is 1.07. The molecule has 0 aromatic heterocycles. The van der Waals surface area contributed by atoms with Crippen molar-refractivity contribution in [1.29, 1.82) is 10.7 Å². The minimum Gasteiger partial charge on any atom is -0.514 e. The zero-order chi connectivity index (χ0) is 6.57. The van der Waals surface area contributed by atoms with Crippen molar-refractivity contribution in [2.75, 3.05) is 0 Å². The first kappa shape index (κ1) is 6.50. The zero-order valence-corrected chi connectivity index (χ0v) is 4.05. The van der Waals surface area contributed by atoms with Gasteiger partial charge in [-0.05, 0) is 0 Å². The first-order valence-electron chi connectivity index (χ1n) is 1.81. The summed E-state index contributed by atoms with van der Waals surface area (Å²) in [6.07, 6.45) is 0.502. The fraction of sp³-hybridized carbons (Fsp3) is 0. The summed E-state index contributed by atoms with van der Waals surface area (Å²) in [5, 5.41) is 22.7. The van der Waals surface area contributed by atoms with Crippen molar-refractivity contribution in [1.82, 2.24) is 0 Å². The van der Waals surface area contributed by atoms with Gasteiger partial charge in [-0.1, -0.05) is 0 Å². The van der Waals surface area contributed by atoms with Crippen LogP contribution in [-0.2, 0) is 0 Å². The van der Waals surface area contributed by atoms with E-state index >= 15 is 0 Å². The maximum absolute atomic E-state index is 8.09. The molecule has 4 heteroatoms. The molecule has 0 aliphatic rings. The van der Waals surface area contributed by atoms with E-state index in [0.717, 1.165) is 0 Å². The summed E-state index contributed by atoms with van der Waals surface area (Å²) in [5.74, 6) is -0.421. The minimum atomic E-state index is -0.421. The minimum absolute atomic E-state index is 0.218. The van der Waals surface area contributed by atoms with Crippen molar-refractivity contribution >= 4 is 5.84 Å². The van der Waals surface area contributed by atoms with Gasteiger partial charge in [0.2, 0.25) is 0 Å². The van der Waals surface area contributed by atoms with Crippen LogP contribution in [-0.4, -0.2) is 10.9 Å². The molecule has 8 heavy (non-hydrogen) atoms. The topological polar surface area (TPSA) is 93.9 Å². The molecule has 0 atom stereocenters. The summed E-state index contributed by atoms with van der Waals surface area (Å²) < 4.78 is 0. The van der Waals surface area contributed by atoms with Gasteiger partial charge in [0.1, 0.15) is 23.7 Å². The van der Waals surface area contributed by atoms with E-state index in [1.807, 2.05) is 0 Å². The van der Waals surface area contributed by atoms with Crippen molar-refractivity contribution in [3.8, 4) is 6.07 Å². The molecular formula is C4H5N3O. The molecule has 0 aromatic carbocycles. The molecule has 0 aliphatic carbocycles. The van der Waals surface area contributed by atoms with E-state index in [9.17, 15) is 0 Å². The van der Waals surface area contributed by atoms with E-state index in [2.05, 4.69) is 0 Å². The molecular weight excluding hydrogens is 106 g/mol. The Labute approximate surface area is 46.4 Å². The lowest BCUT2D eigenvalue weighted by Gasteiger charge is -1.86. The third kappa shape index (κ3) is 1.30. The van der Waals surface area contributed by atoms with Gasteiger partial charge in [0.15, 0.2) is 0 Å². The predicted octanol–water partition coefficient (Wildman–Crippen LogP) is -0.112. The van der Waals surface area contributed by atoms with Crippen LogP contribution in [0, 0.1) is 16.7 Å². The number of nitrogens with one attached hydrogen (secondary N) is 1. The highest BCUT2D eigenvalue weighted by molar-refractivity contribution is 5.97. The Morgan fingerprint density at radius 1 is 1.88 bits per heavy atom. The zero-order valence-electron chi connectivity index (χ0n) is 4.05. The van der Waals surface area contributed by atoms with E-state index in [4.69, 9.17) is 21.5 Å². The molecule has 0 amide bonds. The molecule has 0 spiro atoms. The highest BCUT2D eigenvalue weighted by Gasteiger charge is 1.94. The molecule has 0 saturated heterocycles. The highest BCUT2D eigenvalue weighted by Crippen LogP contribution is 1.84. The third-order valence-electron chi connectivity index (χ3n) is 0.540. The Morgan fingerprint density at radius 3 is 2.38 bits per heavy atom. The number of rotatable bonds is 1. The molecule has 4 N–H and O–H groups in total. The van der Waals surface area contributed by atoms with Crippen molar-refractivity contribution in [3.63, 3.8) is 0 Å². The van der Waals surface area contributed by atoms with Gasteiger partial charge in [0.25, 0.3) is 0 Å². The number of hydrogen-bond acceptors (Lipinski definition) is 3. The number of aliphatic hydroxyl groups is 1. The number of nitriles is 1. The van der Waals surface area contributed by atoms with Crippen LogP contribution in [0.3, 0.4) is 0 Å². The van der Waals surface area contributed by atoms with Crippen molar-refractivity contribution in [2.45, 2.75) is 0 Å². The van der Waals surface area contributed by atoms with E-state index in [1.165, 1.54) is 6.07 Å². The van der Waals surface area contributed by atoms with Gasteiger partial charge in [-0.3, -0.25) is 5.41 Å². The highest BCUT2D eigenvalue weighted by atomic mass is 16.2. The van der Waals surface area contributed by atoms with Gasteiger partial charge in [0, 0.05) is 0 Å². The number of hydrogen-bond donors (Lipinski definition) is 3. The maximum atomic E-state index is 8.09. The molecule has 42 valence electrons. The lowest BCUT2D eigenvalue weighted by molar-refractivity contribution is 0.472. The van der Waals surface area contributed by atoms with E-state index < -0.39 is 5.84 Å². The van der Waals surface area contributed by atoms with Crippen LogP contribution in [0.2, 0.25) is 0 Å². The Morgan fingerprint density at radius 2 is 2.38 bits per heavy atom. The number of aliphatic hydroxyl groups excluding tert-OH is 1. The van der Waals surface area contributed by atoms with Crippen LogP contribution in [0.25, 0.3) is 0 Å². The summed E-state index contributed by atoms with van der Waals surface area (Å²) in [6, 6.07) is 1.51. The largest absolute Gasteiger partial charge is 0.514 e. The molecule has 0 aliphatic heterocycles. The van der Waals surface area contributed by atoms with Gasteiger partial charge in [0.05, 0.1) is 0 Å². The van der Waals surface area contributed by atoms with Crippen LogP contribution >= 0.6 is 0 Å². The second kappa shape index (κ2) is 2.64. The summed E-state index contributed by atoms with van der Waals surface area (Å²) in [4.78, 5) is 0. The molecule has 0 unspecified atom stereocenters. The quantitative estimate of drug-likeness (QED) is 0.191. The molecule has 0 heterocycles. The van der Waals surface area contributed by atoms with Crippen LogP contribution in [0.5, 0.6) is 0 Å². The normalized spacial score (nSPS) is 10.1. The van der Waals surface area contributed by atoms with Gasteiger partial charge < -0.3 is 10.8 Å². The van der Waals surface area contributed by atoms with Crippen molar-refractivity contribution < 1.29 is 5.11 Å². The first-order chi connectivity index (χ1) is 3.72. The number of amidine groups is 1. The Kier molecular flexibility index (Phi) is 2.14. The van der Waals surface area contributed by atoms with Crippen LogP contribution in [0.4, 0.5) is 0 Å². The molecule has 4 nitrogen and oxygen atoms in total. The molecule has 0 bridgehead atoms. The number of nitrogens with zero attached hydrogens (tertiary/aromatic N) is 1. The summed E-state index contributed by atoms with van der Waals surface area (Å²) in [6.45, 7) is 0. The van der Waals surface area contributed by atoms with Crippen LogP contribution < -0.4 is 5.73 Å². The van der Waals surface area contributed by atoms with Gasteiger partial charge in [-0.2, -0.15) is 5.26 Å². The predicted molar refractivity (Wildman–Crippen MR) is 28.2 cm³/mol. The first-order valence-corrected chi connectivity index (χ1v) is 1.81. The summed E-state index contributed by atoms with van der Waals surface area (Å²) in [7, 11) is 0. The summed E-state index contributed by atoms with van der Waals surface area (Å²) in [5.41, 5.74) is 4.57. The average molecular weight is 111 g/mol. The van der Waals surface area contributed by atoms with Gasteiger partial charge in [-0.15, -0.1) is 0 Å². The van der Waals surface area contributed by atoms with Gasteiger partial charge >= 0.3 is 0 Å². The number of nitrogens with two attached hydrogens (primary N) is 1. The average Bonchev–Trinajstić information content (AvgIpc) is 1.69. The smallest absolute Gasteiger partial charge is 0.136 e. The Hall–Kier alpha value is -1.50. The molecule has 0 rings (SSSR count). The van der Waals surface area contributed by atoms with Crippen LogP contribution in [0.15, 0.2) is 11.8 Å². The SMILES string of the molecule is N#C/C(=C/O)C(=N)N. The third-order valence-corrected chi connectivity index (χ3v) is 0.540. The van der Waals surface area contributed by atoms with Crippen molar-refractivity contribution in [3.05, 3.63) is 11.8 Å². The lowest BCUT2D eigenvalue weighted by atomic mass is 10.3. The maximum Gasteiger partial charge on any atom is 0.136 e. The fourth-order valence-corrected chi connectivity index (χ4v) is 0.159. The standard InChI is InChI=1S/C4H5N3O/c5-1-3(2-8)4(6)7/h2,8H,(H3,6,7)/b3-2-. The lowest BCUT2D eigenvalue weighted by Crippen LogP contribution is -2.11. The Balaban J connectivity index is 4.20. The monoisotopic (exact) mass is 111 g/mol. The second-order valence-electron chi connectivity index (χ2n) is 1.07. The molecule has 0 fully saturated rings. The van der Waals surface area contributed by atoms with Crippen molar-refractivity contribution in [2.24, 2.45) is 5.73 Å². The molecule has 0 saturated carbocycles. The summed E-state index contributed by atoms with van der Waals surface area (Å²) >= 11 is 0. The molecule has 0 radical (unpaired) electrons. The fourth-order valence-electron chi connectivity index (χ4n) is 0.159. The van der Waals surface area contributed by atoms with E-state index in [0.29, 0.717) is 6.26 Å².